The lowest BCUT2D eigenvalue weighted by atomic mass is 10.1. The van der Waals surface area contributed by atoms with E-state index in [1.807, 2.05) is 5.32 Å². The molecule has 0 aromatic heterocycles. The molecule has 26 heavy (non-hydrogen) atoms. The maximum absolute atomic E-state index is 13.6. The monoisotopic (exact) mass is 398 g/mol. The van der Waals surface area contributed by atoms with Gasteiger partial charge in [0.15, 0.2) is 0 Å². The third-order valence-electron chi connectivity index (χ3n) is 3.26. The predicted octanol–water partition coefficient (Wildman–Crippen LogP) is 3.49. The number of imide groups is 1. The zero-order chi connectivity index (χ0) is 19.3. The number of halogens is 3. The van der Waals surface area contributed by atoms with Crippen LogP contribution in [0.4, 0.5) is 9.18 Å². The average Bonchev–Trinajstić information content (AvgIpc) is 2.62. The largest absolute Gasteiger partial charge is 0.444 e. The molecule has 9 heteroatoms. The molecule has 1 atom stereocenters. The lowest BCUT2D eigenvalue weighted by Crippen LogP contribution is -2.41. The van der Waals surface area contributed by atoms with E-state index in [0.29, 0.717) is 5.56 Å². The Labute approximate surface area is 158 Å². The highest BCUT2D eigenvalue weighted by Gasteiger charge is 2.28. The minimum atomic E-state index is -1.45. The summed E-state index contributed by atoms with van der Waals surface area (Å²) in [5.74, 6) is -2.80. The molecule has 3 amide bonds. The molecule has 0 bridgehead atoms. The minimum Gasteiger partial charge on any atom is -0.444 e. The third-order valence-corrected chi connectivity index (χ3v) is 3.86. The number of urea groups is 1. The number of ether oxygens (including phenoxy) is 1. The Bertz CT molecular complexity index is 846. The molecule has 2 N–H and O–H groups in total. The standard InChI is InChI=1S/C17H13Cl2FN2O4/c1-21-17(25)22-15(23)14(9-5-3-2-4-6-9)26-16(24)10-7-13(20)12(19)8-11(10)18/h2-8,14H,1H3,(H2,21,22,23,25)/t14-/m1/s1. The van der Waals surface area contributed by atoms with Crippen LogP contribution in [0.2, 0.25) is 10.0 Å². The lowest BCUT2D eigenvalue weighted by molar-refractivity contribution is -0.129. The molecule has 2 aromatic rings. The van der Waals surface area contributed by atoms with E-state index in [1.165, 1.54) is 19.2 Å². The van der Waals surface area contributed by atoms with Crippen LogP contribution < -0.4 is 10.6 Å². The number of benzene rings is 2. The summed E-state index contributed by atoms with van der Waals surface area (Å²) in [5, 5.41) is 3.84. The molecule has 0 radical (unpaired) electrons. The second-order valence-corrected chi connectivity index (χ2v) is 5.82. The van der Waals surface area contributed by atoms with Gasteiger partial charge in [0.05, 0.1) is 15.6 Å². The first-order valence-corrected chi connectivity index (χ1v) is 8.02. The number of hydrogen-bond acceptors (Lipinski definition) is 4. The van der Waals surface area contributed by atoms with E-state index in [9.17, 15) is 18.8 Å². The molecule has 2 aromatic carbocycles. The van der Waals surface area contributed by atoms with Crippen LogP contribution in [0, 0.1) is 5.82 Å². The van der Waals surface area contributed by atoms with Crippen LogP contribution >= 0.6 is 23.2 Å². The van der Waals surface area contributed by atoms with Gasteiger partial charge in [0.25, 0.3) is 5.91 Å². The summed E-state index contributed by atoms with van der Waals surface area (Å²) >= 11 is 11.5. The molecule has 0 heterocycles. The molecular formula is C17H13Cl2FN2O4. The van der Waals surface area contributed by atoms with Gasteiger partial charge in [-0.1, -0.05) is 53.5 Å². The molecule has 2 rings (SSSR count). The van der Waals surface area contributed by atoms with Gasteiger partial charge in [-0.25, -0.2) is 14.0 Å². The normalized spacial score (nSPS) is 11.4. The van der Waals surface area contributed by atoms with E-state index in [0.717, 1.165) is 12.1 Å². The molecule has 0 saturated carbocycles. The second-order valence-electron chi connectivity index (χ2n) is 5.01. The lowest BCUT2D eigenvalue weighted by Gasteiger charge is -2.18. The first kappa shape index (κ1) is 19.7. The maximum Gasteiger partial charge on any atom is 0.340 e. The summed E-state index contributed by atoms with van der Waals surface area (Å²) in [4.78, 5) is 36.1. The fraction of sp³-hybridized carbons (Fsp3) is 0.118. The SMILES string of the molecule is CNC(=O)NC(=O)[C@H](OC(=O)c1cc(F)c(Cl)cc1Cl)c1ccccc1. The van der Waals surface area contributed by atoms with Gasteiger partial charge in [-0.05, 0) is 12.1 Å². The fourth-order valence-corrected chi connectivity index (χ4v) is 2.45. The summed E-state index contributed by atoms with van der Waals surface area (Å²) < 4.78 is 18.8. The van der Waals surface area contributed by atoms with Gasteiger partial charge in [-0.3, -0.25) is 10.1 Å². The van der Waals surface area contributed by atoms with E-state index in [2.05, 4.69) is 5.32 Å². The summed E-state index contributed by atoms with van der Waals surface area (Å²) in [6, 6.07) is 9.10. The zero-order valence-corrected chi connectivity index (χ0v) is 14.9. The Balaban J connectivity index is 2.32. The van der Waals surface area contributed by atoms with Crippen molar-refractivity contribution >= 4 is 41.1 Å². The van der Waals surface area contributed by atoms with Crippen LogP contribution in [-0.4, -0.2) is 25.0 Å². The first-order valence-electron chi connectivity index (χ1n) is 7.26. The van der Waals surface area contributed by atoms with Gasteiger partial charge >= 0.3 is 12.0 Å². The van der Waals surface area contributed by atoms with Crippen molar-refractivity contribution in [2.75, 3.05) is 7.05 Å². The van der Waals surface area contributed by atoms with Crippen molar-refractivity contribution in [1.29, 1.82) is 0 Å². The zero-order valence-electron chi connectivity index (χ0n) is 13.4. The van der Waals surface area contributed by atoms with Crippen LogP contribution in [0.15, 0.2) is 42.5 Å². The highest BCUT2D eigenvalue weighted by molar-refractivity contribution is 6.36. The summed E-state index contributed by atoms with van der Waals surface area (Å²) in [5.41, 5.74) is 0.00931. The molecular weight excluding hydrogens is 386 g/mol. The van der Waals surface area contributed by atoms with Gasteiger partial charge in [-0.15, -0.1) is 0 Å². The number of nitrogens with one attached hydrogen (secondary N) is 2. The summed E-state index contributed by atoms with van der Waals surface area (Å²) in [6.07, 6.45) is -1.45. The Kier molecular flexibility index (Phi) is 6.54. The van der Waals surface area contributed by atoms with Gasteiger partial charge in [0.1, 0.15) is 5.82 Å². The van der Waals surface area contributed by atoms with E-state index in [4.69, 9.17) is 27.9 Å². The van der Waals surface area contributed by atoms with Crippen LogP contribution in [0.5, 0.6) is 0 Å². The fourth-order valence-electron chi connectivity index (χ4n) is 1.99. The Hall–Kier alpha value is -2.64. The smallest absolute Gasteiger partial charge is 0.340 e. The maximum atomic E-state index is 13.6. The van der Waals surface area contributed by atoms with Gasteiger partial charge in [-0.2, -0.15) is 0 Å². The first-order chi connectivity index (χ1) is 12.3. The van der Waals surface area contributed by atoms with Crippen molar-refractivity contribution in [1.82, 2.24) is 10.6 Å². The van der Waals surface area contributed by atoms with Crippen molar-refractivity contribution in [2.45, 2.75) is 6.10 Å². The average molecular weight is 399 g/mol. The van der Waals surface area contributed by atoms with Crippen molar-refractivity contribution in [2.24, 2.45) is 0 Å². The van der Waals surface area contributed by atoms with Crippen molar-refractivity contribution in [3.8, 4) is 0 Å². The molecule has 0 aliphatic heterocycles. The Morgan fingerprint density at radius 2 is 1.73 bits per heavy atom. The van der Waals surface area contributed by atoms with E-state index in [1.54, 1.807) is 18.2 Å². The molecule has 136 valence electrons. The molecule has 0 saturated heterocycles. The summed E-state index contributed by atoms with van der Waals surface area (Å²) in [7, 11) is 1.32. The Morgan fingerprint density at radius 1 is 1.08 bits per heavy atom. The second kappa shape index (κ2) is 8.64. The van der Waals surface area contributed by atoms with Gasteiger partial charge in [0, 0.05) is 12.6 Å². The number of carbonyl (C=O) groups is 3. The van der Waals surface area contributed by atoms with Crippen LogP contribution in [0.1, 0.15) is 22.0 Å². The van der Waals surface area contributed by atoms with Gasteiger partial charge < -0.3 is 10.1 Å². The highest BCUT2D eigenvalue weighted by atomic mass is 35.5. The van der Waals surface area contributed by atoms with Crippen LogP contribution in [0.25, 0.3) is 0 Å². The number of esters is 1. The molecule has 0 unspecified atom stereocenters. The number of amides is 3. The molecule has 0 aliphatic rings. The van der Waals surface area contributed by atoms with E-state index in [-0.39, 0.29) is 15.6 Å². The molecule has 6 nitrogen and oxygen atoms in total. The quantitative estimate of drug-likeness (QED) is 0.609. The van der Waals surface area contributed by atoms with Crippen molar-refractivity contribution in [3.63, 3.8) is 0 Å². The van der Waals surface area contributed by atoms with Crippen LogP contribution in [-0.2, 0) is 9.53 Å². The molecule has 0 aliphatic carbocycles. The van der Waals surface area contributed by atoms with E-state index < -0.39 is 29.8 Å². The van der Waals surface area contributed by atoms with Crippen molar-refractivity contribution < 1.29 is 23.5 Å². The number of rotatable bonds is 4. The Morgan fingerprint density at radius 3 is 2.35 bits per heavy atom. The third kappa shape index (κ3) is 4.71. The topological polar surface area (TPSA) is 84.5 Å². The van der Waals surface area contributed by atoms with E-state index >= 15 is 0 Å². The highest BCUT2D eigenvalue weighted by Crippen LogP contribution is 2.27. The van der Waals surface area contributed by atoms with Crippen molar-refractivity contribution in [3.05, 3.63) is 69.5 Å². The predicted molar refractivity (Wildman–Crippen MR) is 93.6 cm³/mol. The summed E-state index contributed by atoms with van der Waals surface area (Å²) in [6.45, 7) is 0. The molecule has 0 spiro atoms. The minimum absolute atomic E-state index is 0.139. The van der Waals surface area contributed by atoms with Gasteiger partial charge in [0.2, 0.25) is 6.10 Å². The molecule has 0 fully saturated rings. The number of carbonyl (C=O) groups excluding carboxylic acids is 3. The number of hydrogen-bond donors (Lipinski definition) is 2. The van der Waals surface area contributed by atoms with Crippen LogP contribution in [0.3, 0.4) is 0 Å².